The second kappa shape index (κ2) is 5.28. The molecule has 1 fully saturated rings. The van der Waals surface area contributed by atoms with Gasteiger partial charge in [0.15, 0.2) is 0 Å². The van der Waals surface area contributed by atoms with E-state index in [0.29, 0.717) is 29.9 Å². The summed E-state index contributed by atoms with van der Waals surface area (Å²) in [5.41, 5.74) is 0.740. The summed E-state index contributed by atoms with van der Waals surface area (Å²) >= 11 is 6.09. The molecular weight excluding hydrogens is 266 g/mol. The monoisotopic (exact) mass is 279 g/mol. The molecule has 1 aromatic carbocycles. The molecule has 1 N–H and O–H groups in total. The molecular formula is C13H14ClN3O2. The van der Waals surface area contributed by atoms with Crippen LogP contribution in [0.3, 0.4) is 0 Å². The third kappa shape index (κ3) is 2.78. The van der Waals surface area contributed by atoms with Gasteiger partial charge in [0, 0.05) is 13.1 Å². The maximum absolute atomic E-state index is 9.47. The van der Waals surface area contributed by atoms with Crippen LogP contribution in [-0.2, 0) is 6.54 Å². The van der Waals surface area contributed by atoms with E-state index >= 15 is 0 Å². The predicted octanol–water partition coefficient (Wildman–Crippen LogP) is 1.96. The Morgan fingerprint density at radius 1 is 1.37 bits per heavy atom. The Kier molecular flexibility index (Phi) is 3.50. The highest BCUT2D eigenvalue weighted by molar-refractivity contribution is 6.33. The Morgan fingerprint density at radius 2 is 2.21 bits per heavy atom. The van der Waals surface area contributed by atoms with E-state index in [4.69, 9.17) is 16.0 Å². The fourth-order valence-corrected chi connectivity index (χ4v) is 2.42. The summed E-state index contributed by atoms with van der Waals surface area (Å²) in [6, 6.07) is 7.37. The molecule has 1 aliphatic rings. The van der Waals surface area contributed by atoms with E-state index in [1.807, 2.05) is 18.2 Å². The van der Waals surface area contributed by atoms with Crippen molar-refractivity contribution in [3.8, 4) is 11.5 Å². The number of benzene rings is 1. The van der Waals surface area contributed by atoms with Gasteiger partial charge in [0.05, 0.1) is 23.2 Å². The van der Waals surface area contributed by atoms with Crippen LogP contribution in [0.2, 0.25) is 5.02 Å². The molecule has 2 heterocycles. The first-order chi connectivity index (χ1) is 9.22. The number of β-amino-alcohol motifs (C(OH)–C–C–N with tert-alkyl or cyclic N) is 1. The molecule has 5 nitrogen and oxygen atoms in total. The van der Waals surface area contributed by atoms with Gasteiger partial charge in [0.25, 0.3) is 0 Å². The van der Waals surface area contributed by atoms with Crippen LogP contribution in [-0.4, -0.2) is 39.4 Å². The van der Waals surface area contributed by atoms with Gasteiger partial charge in [-0.2, -0.15) is 0 Å². The second-order valence-electron chi connectivity index (χ2n) is 4.66. The molecule has 3 rings (SSSR count). The largest absolute Gasteiger partial charge is 0.419 e. The first-order valence-corrected chi connectivity index (χ1v) is 6.58. The minimum absolute atomic E-state index is 0.244. The van der Waals surface area contributed by atoms with E-state index in [9.17, 15) is 5.11 Å². The van der Waals surface area contributed by atoms with E-state index in [1.165, 1.54) is 0 Å². The summed E-state index contributed by atoms with van der Waals surface area (Å²) < 4.78 is 5.62. The lowest BCUT2D eigenvalue weighted by Crippen LogP contribution is -2.21. The highest BCUT2D eigenvalue weighted by Gasteiger charge is 2.22. The summed E-state index contributed by atoms with van der Waals surface area (Å²) in [4.78, 5) is 2.09. The maximum Gasteiger partial charge on any atom is 0.249 e. The number of likely N-dealkylation sites (tertiary alicyclic amines) is 1. The summed E-state index contributed by atoms with van der Waals surface area (Å²) in [7, 11) is 0. The van der Waals surface area contributed by atoms with E-state index < -0.39 is 0 Å². The predicted molar refractivity (Wildman–Crippen MR) is 70.6 cm³/mol. The van der Waals surface area contributed by atoms with Crippen LogP contribution in [0, 0.1) is 0 Å². The lowest BCUT2D eigenvalue weighted by atomic mass is 10.2. The molecule has 19 heavy (non-hydrogen) atoms. The molecule has 6 heteroatoms. The number of nitrogens with zero attached hydrogens (tertiary/aromatic N) is 3. The number of rotatable bonds is 3. The third-order valence-corrected chi connectivity index (χ3v) is 3.51. The molecule has 100 valence electrons. The van der Waals surface area contributed by atoms with Crippen LogP contribution in [0.25, 0.3) is 11.5 Å². The SMILES string of the molecule is OC1CCN(Cc2nnc(-c3ccccc3Cl)o2)C1. The molecule has 2 aromatic rings. The van der Waals surface area contributed by atoms with Gasteiger partial charge in [-0.25, -0.2) is 0 Å². The van der Waals surface area contributed by atoms with Crippen molar-refractivity contribution in [2.75, 3.05) is 13.1 Å². The van der Waals surface area contributed by atoms with Crippen LogP contribution in [0.15, 0.2) is 28.7 Å². The van der Waals surface area contributed by atoms with Crippen molar-refractivity contribution in [2.24, 2.45) is 0 Å². The molecule has 0 saturated carbocycles. The molecule has 0 bridgehead atoms. The topological polar surface area (TPSA) is 62.4 Å². The summed E-state index contributed by atoms with van der Waals surface area (Å²) in [5, 5.41) is 18.1. The van der Waals surface area contributed by atoms with E-state index in [2.05, 4.69) is 15.1 Å². The molecule has 0 aliphatic carbocycles. The minimum atomic E-state index is -0.244. The Bertz CT molecular complexity index is 573. The van der Waals surface area contributed by atoms with Crippen molar-refractivity contribution in [1.82, 2.24) is 15.1 Å². The average molecular weight is 280 g/mol. The number of aromatic nitrogens is 2. The summed E-state index contributed by atoms with van der Waals surface area (Å²) in [6.07, 6.45) is 0.553. The van der Waals surface area contributed by atoms with Crippen LogP contribution in [0.5, 0.6) is 0 Å². The number of halogens is 1. The fraction of sp³-hybridized carbons (Fsp3) is 0.385. The quantitative estimate of drug-likeness (QED) is 0.930. The molecule has 1 unspecified atom stereocenters. The number of aliphatic hydroxyl groups is 1. The summed E-state index contributed by atoms with van der Waals surface area (Å²) in [6.45, 7) is 2.07. The first-order valence-electron chi connectivity index (χ1n) is 6.20. The fourth-order valence-electron chi connectivity index (χ4n) is 2.21. The molecule has 1 aliphatic heterocycles. The van der Waals surface area contributed by atoms with Gasteiger partial charge in [-0.15, -0.1) is 10.2 Å². The summed E-state index contributed by atoms with van der Waals surface area (Å²) in [5.74, 6) is 0.976. The van der Waals surface area contributed by atoms with E-state index in [0.717, 1.165) is 18.5 Å². The molecule has 0 radical (unpaired) electrons. The van der Waals surface area contributed by atoms with Crippen molar-refractivity contribution in [3.05, 3.63) is 35.2 Å². The minimum Gasteiger partial charge on any atom is -0.419 e. The number of hydrogen-bond acceptors (Lipinski definition) is 5. The standard InChI is InChI=1S/C13H14ClN3O2/c14-11-4-2-1-3-10(11)13-16-15-12(19-13)8-17-6-5-9(18)7-17/h1-4,9,18H,5-8H2. The van der Waals surface area contributed by atoms with Gasteiger partial charge in [-0.3, -0.25) is 4.90 Å². The first kappa shape index (κ1) is 12.6. The Balaban J connectivity index is 1.75. The molecule has 0 amide bonds. The van der Waals surface area contributed by atoms with E-state index in [-0.39, 0.29) is 6.10 Å². The van der Waals surface area contributed by atoms with Crippen LogP contribution >= 0.6 is 11.6 Å². The van der Waals surface area contributed by atoms with Crippen molar-refractivity contribution in [2.45, 2.75) is 19.1 Å². The lowest BCUT2D eigenvalue weighted by molar-refractivity contribution is 0.171. The normalized spacial score (nSPS) is 20.0. The number of hydrogen-bond donors (Lipinski definition) is 1. The molecule has 1 aromatic heterocycles. The van der Waals surface area contributed by atoms with Gasteiger partial charge >= 0.3 is 0 Å². The van der Waals surface area contributed by atoms with Crippen LogP contribution in [0.4, 0.5) is 0 Å². The van der Waals surface area contributed by atoms with Crippen molar-refractivity contribution >= 4 is 11.6 Å². The zero-order valence-electron chi connectivity index (χ0n) is 10.3. The van der Waals surface area contributed by atoms with Gasteiger partial charge in [-0.1, -0.05) is 23.7 Å². The highest BCUT2D eigenvalue weighted by atomic mass is 35.5. The number of aliphatic hydroxyl groups excluding tert-OH is 1. The molecule has 1 atom stereocenters. The van der Waals surface area contributed by atoms with Crippen molar-refractivity contribution in [3.63, 3.8) is 0 Å². The Morgan fingerprint density at radius 3 is 2.95 bits per heavy atom. The Hall–Kier alpha value is -1.43. The van der Waals surface area contributed by atoms with Crippen molar-refractivity contribution < 1.29 is 9.52 Å². The Labute approximate surface area is 115 Å². The van der Waals surface area contributed by atoms with Gasteiger partial charge in [0.2, 0.25) is 11.8 Å². The molecule has 0 spiro atoms. The third-order valence-electron chi connectivity index (χ3n) is 3.18. The smallest absolute Gasteiger partial charge is 0.249 e. The van der Waals surface area contributed by atoms with E-state index in [1.54, 1.807) is 6.07 Å². The van der Waals surface area contributed by atoms with Gasteiger partial charge in [-0.05, 0) is 18.6 Å². The van der Waals surface area contributed by atoms with Crippen LogP contribution < -0.4 is 0 Å². The lowest BCUT2D eigenvalue weighted by Gasteiger charge is -2.10. The van der Waals surface area contributed by atoms with Gasteiger partial charge < -0.3 is 9.52 Å². The van der Waals surface area contributed by atoms with Gasteiger partial charge in [0.1, 0.15) is 0 Å². The zero-order valence-corrected chi connectivity index (χ0v) is 11.0. The maximum atomic E-state index is 9.47. The zero-order chi connectivity index (χ0) is 13.2. The highest BCUT2D eigenvalue weighted by Crippen LogP contribution is 2.26. The molecule has 1 saturated heterocycles. The van der Waals surface area contributed by atoms with Crippen molar-refractivity contribution in [1.29, 1.82) is 0 Å². The average Bonchev–Trinajstić information content (AvgIpc) is 3.00. The second-order valence-corrected chi connectivity index (χ2v) is 5.07. The van der Waals surface area contributed by atoms with Crippen LogP contribution in [0.1, 0.15) is 12.3 Å².